The van der Waals surface area contributed by atoms with E-state index in [1.54, 1.807) is 17.4 Å². The number of furan rings is 1. The summed E-state index contributed by atoms with van der Waals surface area (Å²) in [5.74, 6) is 1.38. The molecular weight excluding hydrogens is 298 g/mol. The smallest absolute Gasteiger partial charge is 0.254 e. The molecule has 0 radical (unpaired) electrons. The summed E-state index contributed by atoms with van der Waals surface area (Å²) in [6.07, 6.45) is 1.88. The van der Waals surface area contributed by atoms with Gasteiger partial charge >= 0.3 is 0 Å². The van der Waals surface area contributed by atoms with Crippen molar-refractivity contribution in [2.45, 2.75) is 32.1 Å². The third kappa shape index (κ3) is 2.96. The number of ether oxygens (including phenoxy) is 1. The molecule has 0 atom stereocenters. The Balaban J connectivity index is 1.75. The van der Waals surface area contributed by atoms with E-state index in [1.807, 2.05) is 13.8 Å². The van der Waals surface area contributed by atoms with Crippen LogP contribution in [0.4, 0.5) is 0 Å². The average Bonchev–Trinajstić information content (AvgIpc) is 3.16. The Bertz CT molecular complexity index is 639. The monoisotopic (exact) mass is 319 g/mol. The van der Waals surface area contributed by atoms with Gasteiger partial charge in [0.15, 0.2) is 0 Å². The van der Waals surface area contributed by atoms with E-state index in [4.69, 9.17) is 9.15 Å². The van der Waals surface area contributed by atoms with Crippen molar-refractivity contribution in [1.82, 2.24) is 5.32 Å². The summed E-state index contributed by atoms with van der Waals surface area (Å²) in [5, 5.41) is 7.38. The maximum Gasteiger partial charge on any atom is 0.254 e. The Morgan fingerprint density at radius 1 is 1.36 bits per heavy atom. The minimum Gasteiger partial charge on any atom is -0.466 e. The number of aryl methyl sites for hydroxylation is 2. The molecule has 0 bridgehead atoms. The van der Waals surface area contributed by atoms with E-state index in [9.17, 15) is 4.79 Å². The highest BCUT2D eigenvalue weighted by Gasteiger charge is 2.35. The fourth-order valence-corrected chi connectivity index (χ4v) is 3.88. The van der Waals surface area contributed by atoms with Crippen LogP contribution in [0.3, 0.4) is 0 Å². The molecule has 0 spiro atoms. The number of amides is 1. The van der Waals surface area contributed by atoms with Gasteiger partial charge in [0.1, 0.15) is 11.5 Å². The van der Waals surface area contributed by atoms with Crippen LogP contribution in [0.25, 0.3) is 0 Å². The summed E-state index contributed by atoms with van der Waals surface area (Å²) < 4.78 is 11.0. The number of hydrogen-bond acceptors (Lipinski definition) is 4. The van der Waals surface area contributed by atoms with Gasteiger partial charge in [-0.25, -0.2) is 0 Å². The van der Waals surface area contributed by atoms with Gasteiger partial charge in [0.2, 0.25) is 0 Å². The van der Waals surface area contributed by atoms with Crippen LogP contribution in [0.1, 0.15) is 40.3 Å². The Kier molecular flexibility index (Phi) is 4.36. The highest BCUT2D eigenvalue weighted by atomic mass is 32.1. The Labute approximate surface area is 134 Å². The molecule has 1 aliphatic rings. The number of hydrogen-bond donors (Lipinski definition) is 1. The molecule has 1 aliphatic heterocycles. The molecule has 3 rings (SSSR count). The first-order chi connectivity index (χ1) is 10.6. The summed E-state index contributed by atoms with van der Waals surface area (Å²) in [4.78, 5) is 12.4. The molecule has 1 amide bonds. The van der Waals surface area contributed by atoms with Crippen LogP contribution in [0.5, 0.6) is 0 Å². The third-order valence-electron chi connectivity index (χ3n) is 4.46. The van der Waals surface area contributed by atoms with Gasteiger partial charge in [-0.2, -0.15) is 11.3 Å². The SMILES string of the molecule is Cc1cc(C(=O)NCC2(c3ccsc3)CCOCC2)c(C)o1. The molecule has 1 fully saturated rings. The van der Waals surface area contributed by atoms with Gasteiger partial charge < -0.3 is 14.5 Å². The van der Waals surface area contributed by atoms with Crippen LogP contribution >= 0.6 is 11.3 Å². The normalized spacial score (nSPS) is 17.4. The molecule has 1 saturated heterocycles. The summed E-state index contributed by atoms with van der Waals surface area (Å²) >= 11 is 1.70. The molecule has 4 nitrogen and oxygen atoms in total. The largest absolute Gasteiger partial charge is 0.466 e. The van der Waals surface area contributed by atoms with E-state index in [0.717, 1.165) is 31.8 Å². The Morgan fingerprint density at radius 3 is 2.73 bits per heavy atom. The lowest BCUT2D eigenvalue weighted by Gasteiger charge is -2.37. The highest BCUT2D eigenvalue weighted by molar-refractivity contribution is 7.08. The van der Waals surface area contributed by atoms with Crippen LogP contribution in [-0.4, -0.2) is 25.7 Å². The van der Waals surface area contributed by atoms with Crippen LogP contribution in [0.15, 0.2) is 27.3 Å². The van der Waals surface area contributed by atoms with Gasteiger partial charge in [0, 0.05) is 25.2 Å². The predicted octanol–water partition coefficient (Wildman–Crippen LogP) is 3.44. The van der Waals surface area contributed by atoms with E-state index in [0.29, 0.717) is 17.9 Å². The van der Waals surface area contributed by atoms with Crippen molar-refractivity contribution >= 4 is 17.2 Å². The van der Waals surface area contributed by atoms with Crippen molar-refractivity contribution in [3.05, 3.63) is 45.5 Å². The van der Waals surface area contributed by atoms with Gasteiger partial charge in [-0.1, -0.05) is 0 Å². The van der Waals surface area contributed by atoms with Gasteiger partial charge in [-0.3, -0.25) is 4.79 Å². The number of rotatable bonds is 4. The molecular formula is C17H21NO3S. The Hall–Kier alpha value is -1.59. The van der Waals surface area contributed by atoms with E-state index in [2.05, 4.69) is 22.1 Å². The predicted molar refractivity (Wildman–Crippen MR) is 86.6 cm³/mol. The molecule has 0 aliphatic carbocycles. The first-order valence-corrected chi connectivity index (χ1v) is 8.51. The maximum atomic E-state index is 12.4. The third-order valence-corrected chi connectivity index (χ3v) is 5.14. The second kappa shape index (κ2) is 6.26. The van der Waals surface area contributed by atoms with Crippen LogP contribution in [-0.2, 0) is 10.2 Å². The zero-order valence-electron chi connectivity index (χ0n) is 13.0. The zero-order chi connectivity index (χ0) is 15.6. The summed E-state index contributed by atoms with van der Waals surface area (Å²) in [6, 6.07) is 3.96. The lowest BCUT2D eigenvalue weighted by Crippen LogP contribution is -2.44. The molecule has 0 aromatic carbocycles. The van der Waals surface area contributed by atoms with E-state index < -0.39 is 0 Å². The van der Waals surface area contributed by atoms with E-state index >= 15 is 0 Å². The molecule has 118 valence electrons. The number of thiophene rings is 1. The minimum absolute atomic E-state index is 0.0133. The van der Waals surface area contributed by atoms with Crippen LogP contribution < -0.4 is 5.32 Å². The highest BCUT2D eigenvalue weighted by Crippen LogP contribution is 2.35. The van der Waals surface area contributed by atoms with Gasteiger partial charge in [-0.15, -0.1) is 0 Å². The summed E-state index contributed by atoms with van der Waals surface area (Å²) in [5.41, 5.74) is 1.92. The number of carbonyl (C=O) groups is 1. The molecule has 2 aromatic rings. The van der Waals surface area contributed by atoms with Gasteiger partial charge in [-0.05, 0) is 55.1 Å². The lowest BCUT2D eigenvalue weighted by atomic mass is 9.75. The Morgan fingerprint density at radius 2 is 2.14 bits per heavy atom. The van der Waals surface area contributed by atoms with Crippen molar-refractivity contribution in [2.75, 3.05) is 19.8 Å². The molecule has 2 aromatic heterocycles. The van der Waals surface area contributed by atoms with Crippen LogP contribution in [0.2, 0.25) is 0 Å². The van der Waals surface area contributed by atoms with Gasteiger partial charge in [0.25, 0.3) is 5.91 Å². The van der Waals surface area contributed by atoms with E-state index in [-0.39, 0.29) is 11.3 Å². The molecule has 5 heteroatoms. The quantitative estimate of drug-likeness (QED) is 0.939. The van der Waals surface area contributed by atoms with E-state index in [1.165, 1.54) is 5.56 Å². The topological polar surface area (TPSA) is 51.5 Å². The minimum atomic E-state index is -0.0598. The van der Waals surface area contributed by atoms with Crippen molar-refractivity contribution in [1.29, 1.82) is 0 Å². The van der Waals surface area contributed by atoms with Crippen molar-refractivity contribution in [2.24, 2.45) is 0 Å². The number of nitrogens with one attached hydrogen (secondary N) is 1. The molecule has 1 N–H and O–H groups in total. The fourth-order valence-electron chi connectivity index (χ4n) is 3.10. The summed E-state index contributed by atoms with van der Waals surface area (Å²) in [7, 11) is 0. The average molecular weight is 319 g/mol. The summed E-state index contributed by atoms with van der Waals surface area (Å²) in [6.45, 7) is 5.81. The zero-order valence-corrected chi connectivity index (χ0v) is 13.8. The fraction of sp³-hybridized carbons (Fsp3) is 0.471. The second-order valence-electron chi connectivity index (χ2n) is 5.91. The van der Waals surface area contributed by atoms with Gasteiger partial charge in [0.05, 0.1) is 5.56 Å². The molecule has 3 heterocycles. The van der Waals surface area contributed by atoms with Crippen molar-refractivity contribution in [3.63, 3.8) is 0 Å². The first kappa shape index (κ1) is 15.3. The lowest BCUT2D eigenvalue weighted by molar-refractivity contribution is 0.0488. The number of carbonyl (C=O) groups excluding carboxylic acids is 1. The molecule has 22 heavy (non-hydrogen) atoms. The molecule has 0 saturated carbocycles. The molecule has 0 unspecified atom stereocenters. The standard InChI is InChI=1S/C17H21NO3S/c1-12-9-15(13(2)21-12)16(19)18-11-17(4-6-20-7-5-17)14-3-8-22-10-14/h3,8-10H,4-7,11H2,1-2H3,(H,18,19). The van der Waals surface area contributed by atoms with Crippen LogP contribution in [0, 0.1) is 13.8 Å². The van der Waals surface area contributed by atoms with Crippen molar-refractivity contribution < 1.29 is 13.9 Å². The first-order valence-electron chi connectivity index (χ1n) is 7.56. The van der Waals surface area contributed by atoms with Crippen molar-refractivity contribution in [3.8, 4) is 0 Å². The second-order valence-corrected chi connectivity index (χ2v) is 6.69. The maximum absolute atomic E-state index is 12.4.